The van der Waals surface area contributed by atoms with Gasteiger partial charge in [-0.05, 0) is 35.6 Å². The number of carbonyl (C=O) groups is 2. The van der Waals surface area contributed by atoms with E-state index in [4.69, 9.17) is 4.74 Å². The Morgan fingerprint density at radius 1 is 1.29 bits per heavy atom. The Labute approximate surface area is 141 Å². The number of hydrogen-bond donors (Lipinski definition) is 0. The highest BCUT2D eigenvalue weighted by Gasteiger charge is 2.37. The number of non-ortho nitro benzene ring substituents is 1. The molecule has 0 N–H and O–H groups in total. The number of benzene rings is 1. The van der Waals surface area contributed by atoms with Gasteiger partial charge < -0.3 is 9.64 Å². The number of rotatable bonds is 3. The number of esters is 1. The lowest BCUT2D eigenvalue weighted by Crippen LogP contribution is -2.43. The fourth-order valence-electron chi connectivity index (χ4n) is 2.79. The predicted octanol–water partition coefficient (Wildman–Crippen LogP) is 2.57. The molecular weight excluding hydrogens is 332 g/mol. The molecule has 0 saturated carbocycles. The number of nitrogens with zero attached hydrogens (tertiary/aromatic N) is 2. The van der Waals surface area contributed by atoms with Gasteiger partial charge in [0.25, 0.3) is 11.6 Å². The Hall–Kier alpha value is -2.74. The number of nitro benzene ring substituents is 1. The van der Waals surface area contributed by atoms with Crippen molar-refractivity contribution >= 4 is 28.9 Å². The molecule has 0 bridgehead atoms. The summed E-state index contributed by atoms with van der Waals surface area (Å²) in [6, 6.07) is 6.40. The molecule has 1 aromatic heterocycles. The zero-order valence-electron chi connectivity index (χ0n) is 12.8. The van der Waals surface area contributed by atoms with Gasteiger partial charge in [-0.15, -0.1) is 11.3 Å². The van der Waals surface area contributed by atoms with Gasteiger partial charge >= 0.3 is 5.97 Å². The van der Waals surface area contributed by atoms with E-state index in [1.807, 2.05) is 11.4 Å². The fourth-order valence-corrected chi connectivity index (χ4v) is 3.70. The van der Waals surface area contributed by atoms with Crippen LogP contribution < -0.4 is 0 Å². The molecule has 1 aliphatic rings. The molecule has 0 saturated heterocycles. The van der Waals surface area contributed by atoms with E-state index in [0.29, 0.717) is 18.5 Å². The van der Waals surface area contributed by atoms with Crippen molar-refractivity contribution in [2.75, 3.05) is 13.7 Å². The average molecular weight is 346 g/mol. The standard InChI is InChI=1S/C16H14N2O5S/c1-23-16(20)14-12-7-9-24-13(12)6-8-17(14)15(19)10-2-4-11(5-3-10)18(21)22/h2-5,7,9,14H,6,8H2,1H3. The normalized spacial score (nSPS) is 16.4. The molecular formula is C16H14N2O5S. The van der Waals surface area contributed by atoms with Crippen molar-refractivity contribution in [3.8, 4) is 0 Å². The fraction of sp³-hybridized carbons (Fsp3) is 0.250. The monoisotopic (exact) mass is 346 g/mol. The molecule has 1 atom stereocenters. The maximum atomic E-state index is 12.8. The van der Waals surface area contributed by atoms with Gasteiger partial charge in [0.2, 0.25) is 0 Å². The minimum atomic E-state index is -0.785. The summed E-state index contributed by atoms with van der Waals surface area (Å²) in [7, 11) is 1.29. The highest BCUT2D eigenvalue weighted by molar-refractivity contribution is 7.10. The molecule has 24 heavy (non-hydrogen) atoms. The Bertz CT molecular complexity index is 799. The van der Waals surface area contributed by atoms with Crippen molar-refractivity contribution in [1.82, 2.24) is 4.90 Å². The second-order valence-electron chi connectivity index (χ2n) is 5.28. The number of hydrogen-bond acceptors (Lipinski definition) is 6. The largest absolute Gasteiger partial charge is 0.467 e. The molecule has 0 fully saturated rings. The Morgan fingerprint density at radius 3 is 2.62 bits per heavy atom. The van der Waals surface area contributed by atoms with E-state index in [-0.39, 0.29) is 11.6 Å². The molecule has 2 heterocycles. The van der Waals surface area contributed by atoms with Gasteiger partial charge in [-0.25, -0.2) is 4.79 Å². The van der Waals surface area contributed by atoms with Crippen LogP contribution in [0, 0.1) is 10.1 Å². The third-order valence-electron chi connectivity index (χ3n) is 3.98. The van der Waals surface area contributed by atoms with Crippen LogP contribution in [0.25, 0.3) is 0 Å². The highest BCUT2D eigenvalue weighted by atomic mass is 32.1. The second-order valence-corrected chi connectivity index (χ2v) is 6.28. The second kappa shape index (κ2) is 6.40. The summed E-state index contributed by atoms with van der Waals surface area (Å²) in [5.41, 5.74) is 0.997. The van der Waals surface area contributed by atoms with Gasteiger partial charge in [0.15, 0.2) is 6.04 Å². The van der Waals surface area contributed by atoms with E-state index >= 15 is 0 Å². The molecule has 3 rings (SSSR count). The van der Waals surface area contributed by atoms with E-state index in [9.17, 15) is 19.7 Å². The minimum Gasteiger partial charge on any atom is -0.467 e. The topological polar surface area (TPSA) is 89.8 Å². The molecule has 1 amide bonds. The zero-order chi connectivity index (χ0) is 17.3. The molecule has 124 valence electrons. The van der Waals surface area contributed by atoms with Crippen molar-refractivity contribution in [3.05, 3.63) is 61.8 Å². The van der Waals surface area contributed by atoms with Crippen LogP contribution in [0.5, 0.6) is 0 Å². The maximum Gasteiger partial charge on any atom is 0.333 e. The first kappa shape index (κ1) is 16.1. The summed E-state index contributed by atoms with van der Waals surface area (Å²) >= 11 is 1.55. The number of amides is 1. The Morgan fingerprint density at radius 2 is 2.00 bits per heavy atom. The maximum absolute atomic E-state index is 12.8. The molecule has 1 aromatic carbocycles. The predicted molar refractivity (Wildman–Crippen MR) is 86.9 cm³/mol. The van der Waals surface area contributed by atoms with Crippen LogP contribution in [0.1, 0.15) is 26.8 Å². The third kappa shape index (κ3) is 2.76. The molecule has 1 unspecified atom stereocenters. The van der Waals surface area contributed by atoms with E-state index in [1.54, 1.807) is 11.3 Å². The van der Waals surface area contributed by atoms with Crippen molar-refractivity contribution in [1.29, 1.82) is 0 Å². The number of fused-ring (bicyclic) bond motifs is 1. The first-order valence-electron chi connectivity index (χ1n) is 7.22. The van der Waals surface area contributed by atoms with Crippen LogP contribution in [0.15, 0.2) is 35.7 Å². The van der Waals surface area contributed by atoms with Crippen molar-refractivity contribution in [2.45, 2.75) is 12.5 Å². The quantitative estimate of drug-likeness (QED) is 0.484. The number of carbonyl (C=O) groups excluding carboxylic acids is 2. The van der Waals surface area contributed by atoms with Crippen molar-refractivity contribution in [3.63, 3.8) is 0 Å². The SMILES string of the molecule is COC(=O)C1c2ccsc2CCN1C(=O)c1ccc([N+](=O)[O-])cc1. The van der Waals surface area contributed by atoms with Crippen LogP contribution in [-0.2, 0) is 16.0 Å². The first-order valence-corrected chi connectivity index (χ1v) is 8.10. The number of ether oxygens (including phenoxy) is 1. The Balaban J connectivity index is 1.93. The average Bonchev–Trinajstić information content (AvgIpc) is 3.08. The lowest BCUT2D eigenvalue weighted by molar-refractivity contribution is -0.384. The molecule has 7 nitrogen and oxygen atoms in total. The van der Waals surface area contributed by atoms with Crippen molar-refractivity contribution < 1.29 is 19.2 Å². The number of thiophene rings is 1. The summed E-state index contributed by atoms with van der Waals surface area (Å²) in [4.78, 5) is 37.7. The molecule has 8 heteroatoms. The molecule has 1 aliphatic heterocycles. The summed E-state index contributed by atoms with van der Waals surface area (Å²) in [5, 5.41) is 12.6. The van der Waals surface area contributed by atoms with Gasteiger partial charge in [0, 0.05) is 29.1 Å². The lowest BCUT2D eigenvalue weighted by atomic mass is 9.98. The molecule has 2 aromatic rings. The van der Waals surface area contributed by atoms with Gasteiger partial charge in [-0.2, -0.15) is 0 Å². The van der Waals surface area contributed by atoms with Crippen LogP contribution >= 0.6 is 11.3 Å². The first-order chi connectivity index (χ1) is 11.5. The van der Waals surface area contributed by atoms with E-state index < -0.39 is 16.9 Å². The van der Waals surface area contributed by atoms with E-state index in [1.165, 1.54) is 36.3 Å². The van der Waals surface area contributed by atoms with Crippen LogP contribution in [0.3, 0.4) is 0 Å². The molecule has 0 spiro atoms. The van der Waals surface area contributed by atoms with Gasteiger partial charge in [0.1, 0.15) is 0 Å². The van der Waals surface area contributed by atoms with Gasteiger partial charge in [-0.1, -0.05) is 0 Å². The minimum absolute atomic E-state index is 0.0881. The summed E-state index contributed by atoms with van der Waals surface area (Å²) in [6.07, 6.45) is 0.666. The summed E-state index contributed by atoms with van der Waals surface area (Å²) in [5.74, 6) is -0.846. The van der Waals surface area contributed by atoms with E-state index in [2.05, 4.69) is 0 Å². The lowest BCUT2D eigenvalue weighted by Gasteiger charge is -2.34. The zero-order valence-corrected chi connectivity index (χ0v) is 13.6. The summed E-state index contributed by atoms with van der Waals surface area (Å²) < 4.78 is 4.87. The Kier molecular flexibility index (Phi) is 4.30. The van der Waals surface area contributed by atoms with Gasteiger partial charge in [-0.3, -0.25) is 14.9 Å². The van der Waals surface area contributed by atoms with Crippen LogP contribution in [0.2, 0.25) is 0 Å². The van der Waals surface area contributed by atoms with Crippen LogP contribution in [-0.4, -0.2) is 35.4 Å². The third-order valence-corrected chi connectivity index (χ3v) is 4.97. The molecule has 0 aliphatic carbocycles. The molecule has 0 radical (unpaired) electrons. The summed E-state index contributed by atoms with van der Waals surface area (Å²) in [6.45, 7) is 0.392. The van der Waals surface area contributed by atoms with Gasteiger partial charge in [0.05, 0.1) is 12.0 Å². The van der Waals surface area contributed by atoms with E-state index in [0.717, 1.165) is 10.4 Å². The number of nitro groups is 1. The van der Waals surface area contributed by atoms with Crippen molar-refractivity contribution in [2.24, 2.45) is 0 Å². The smallest absolute Gasteiger partial charge is 0.333 e. The number of methoxy groups -OCH3 is 1. The highest BCUT2D eigenvalue weighted by Crippen LogP contribution is 2.35. The van der Waals surface area contributed by atoms with Crippen LogP contribution in [0.4, 0.5) is 5.69 Å².